The van der Waals surface area contributed by atoms with E-state index >= 15 is 0 Å². The summed E-state index contributed by atoms with van der Waals surface area (Å²) in [6.45, 7) is 0. The van der Waals surface area contributed by atoms with Crippen LogP contribution >= 0.6 is 11.6 Å². The number of ether oxygens (including phenoxy) is 1. The predicted molar refractivity (Wildman–Crippen MR) is 107 cm³/mol. The molecule has 0 unspecified atom stereocenters. The van der Waals surface area contributed by atoms with E-state index in [4.69, 9.17) is 16.3 Å². The highest BCUT2D eigenvalue weighted by atomic mass is 35.5. The zero-order valence-corrected chi connectivity index (χ0v) is 16.7. The van der Waals surface area contributed by atoms with Crippen molar-refractivity contribution >= 4 is 11.6 Å². The summed E-state index contributed by atoms with van der Waals surface area (Å²) in [5.41, 5.74) is 2.79. The molecule has 2 fully saturated rings. The number of aryl methyl sites for hydroxylation is 1. The molecule has 0 heterocycles. The van der Waals surface area contributed by atoms with Gasteiger partial charge in [0.1, 0.15) is 0 Å². The zero-order chi connectivity index (χ0) is 18.4. The lowest BCUT2D eigenvalue weighted by Crippen LogP contribution is -2.25. The SMILES string of the molecule is COc1ccc(CCC2CCC(C3CCC(/C=C/Cl)CC3)CC2)cc1F. The smallest absolute Gasteiger partial charge is 0.165 e. The maximum Gasteiger partial charge on any atom is 0.165 e. The van der Waals surface area contributed by atoms with Gasteiger partial charge in [-0.2, -0.15) is 0 Å². The summed E-state index contributed by atoms with van der Waals surface area (Å²) < 4.78 is 18.8. The Morgan fingerprint density at radius 2 is 1.69 bits per heavy atom. The summed E-state index contributed by atoms with van der Waals surface area (Å²) in [6.07, 6.45) is 15.2. The van der Waals surface area contributed by atoms with E-state index in [0.29, 0.717) is 11.7 Å². The fraction of sp³-hybridized carbons (Fsp3) is 0.652. The van der Waals surface area contributed by atoms with Gasteiger partial charge in [-0.1, -0.05) is 36.6 Å². The van der Waals surface area contributed by atoms with Crippen LogP contribution in [-0.2, 0) is 6.42 Å². The summed E-state index contributed by atoms with van der Waals surface area (Å²) in [5.74, 6) is 3.49. The van der Waals surface area contributed by atoms with Crippen LogP contribution in [0.2, 0.25) is 0 Å². The third-order valence-corrected chi connectivity index (χ3v) is 6.92. The quantitative estimate of drug-likeness (QED) is 0.511. The minimum absolute atomic E-state index is 0.242. The van der Waals surface area contributed by atoms with Gasteiger partial charge >= 0.3 is 0 Å². The second-order valence-corrected chi connectivity index (χ2v) is 8.53. The average molecular weight is 379 g/mol. The lowest BCUT2D eigenvalue weighted by molar-refractivity contribution is 0.153. The number of hydrogen-bond acceptors (Lipinski definition) is 1. The van der Waals surface area contributed by atoms with Crippen molar-refractivity contribution in [3.63, 3.8) is 0 Å². The molecule has 3 rings (SSSR count). The molecule has 1 aromatic rings. The van der Waals surface area contributed by atoms with Crippen molar-refractivity contribution in [3.8, 4) is 5.75 Å². The maximum absolute atomic E-state index is 13.8. The third kappa shape index (κ3) is 5.25. The summed E-state index contributed by atoms with van der Waals surface area (Å²) in [4.78, 5) is 0. The molecule has 2 saturated carbocycles. The van der Waals surface area contributed by atoms with E-state index in [1.165, 1.54) is 64.9 Å². The molecule has 0 atom stereocenters. The first-order valence-corrected chi connectivity index (χ1v) is 10.7. The Kier molecular flexibility index (Phi) is 7.42. The summed E-state index contributed by atoms with van der Waals surface area (Å²) >= 11 is 5.73. The predicted octanol–water partition coefficient (Wildman–Crippen LogP) is 7.13. The molecule has 0 bridgehead atoms. The van der Waals surface area contributed by atoms with Crippen molar-refractivity contribution in [3.05, 3.63) is 41.2 Å². The van der Waals surface area contributed by atoms with Crippen molar-refractivity contribution in [2.45, 2.75) is 64.2 Å². The first-order valence-electron chi connectivity index (χ1n) is 10.3. The molecular formula is C23H32ClFO. The van der Waals surface area contributed by atoms with Crippen LogP contribution in [0.15, 0.2) is 29.8 Å². The minimum Gasteiger partial charge on any atom is -0.494 e. The van der Waals surface area contributed by atoms with Gasteiger partial charge in [0.2, 0.25) is 0 Å². The molecule has 2 aliphatic rings. The lowest BCUT2D eigenvalue weighted by atomic mass is 9.68. The van der Waals surface area contributed by atoms with Gasteiger partial charge < -0.3 is 4.74 Å². The minimum atomic E-state index is -0.242. The summed E-state index contributed by atoms with van der Waals surface area (Å²) in [6, 6.07) is 5.39. The standard InChI is InChI=1S/C23H32ClFO/c1-26-23-13-8-19(16-22(23)25)3-2-17-4-9-20(10-5-17)21-11-6-18(7-12-21)14-15-24/h8,13-18,20-21H,2-7,9-12H2,1H3/b15-14+. The van der Waals surface area contributed by atoms with E-state index in [0.717, 1.165) is 29.7 Å². The molecule has 0 saturated heterocycles. The Balaban J connectivity index is 1.39. The Bertz CT molecular complexity index is 584. The van der Waals surface area contributed by atoms with Crippen LogP contribution in [0.5, 0.6) is 5.75 Å². The molecular weight excluding hydrogens is 347 g/mol. The molecule has 0 amide bonds. The van der Waals surface area contributed by atoms with E-state index in [2.05, 4.69) is 6.08 Å². The summed E-state index contributed by atoms with van der Waals surface area (Å²) in [5, 5.41) is 0. The van der Waals surface area contributed by atoms with Crippen molar-refractivity contribution < 1.29 is 9.13 Å². The Morgan fingerprint density at radius 1 is 1.04 bits per heavy atom. The number of halogens is 2. The van der Waals surface area contributed by atoms with Crippen molar-refractivity contribution in [1.82, 2.24) is 0 Å². The molecule has 0 spiro atoms. The highest BCUT2D eigenvalue weighted by molar-refractivity contribution is 6.25. The normalized spacial score (nSPS) is 29.8. The van der Waals surface area contributed by atoms with Crippen LogP contribution in [0.3, 0.4) is 0 Å². The fourth-order valence-electron chi connectivity index (χ4n) is 5.10. The van der Waals surface area contributed by atoms with Crippen molar-refractivity contribution in [2.24, 2.45) is 23.7 Å². The van der Waals surface area contributed by atoms with Gasteiger partial charge in [-0.05, 0) is 92.7 Å². The number of methoxy groups -OCH3 is 1. The number of benzene rings is 1. The highest BCUT2D eigenvalue weighted by Crippen LogP contribution is 2.42. The lowest BCUT2D eigenvalue weighted by Gasteiger charge is -2.37. The molecule has 2 aliphatic carbocycles. The Labute approximate surface area is 163 Å². The molecule has 0 aliphatic heterocycles. The number of allylic oxidation sites excluding steroid dienone is 1. The molecule has 3 heteroatoms. The van der Waals surface area contributed by atoms with E-state index in [9.17, 15) is 4.39 Å². The fourth-order valence-corrected chi connectivity index (χ4v) is 5.30. The van der Waals surface area contributed by atoms with Crippen LogP contribution in [0.4, 0.5) is 4.39 Å². The molecule has 1 nitrogen and oxygen atoms in total. The first kappa shape index (κ1) is 19.7. The largest absolute Gasteiger partial charge is 0.494 e. The molecule has 0 N–H and O–H groups in total. The van der Waals surface area contributed by atoms with E-state index in [1.807, 2.05) is 6.07 Å². The average Bonchev–Trinajstić information content (AvgIpc) is 2.68. The van der Waals surface area contributed by atoms with E-state index in [1.54, 1.807) is 17.7 Å². The van der Waals surface area contributed by atoms with Crippen LogP contribution in [-0.4, -0.2) is 7.11 Å². The highest BCUT2D eigenvalue weighted by Gasteiger charge is 2.30. The van der Waals surface area contributed by atoms with Gasteiger partial charge in [-0.3, -0.25) is 0 Å². The van der Waals surface area contributed by atoms with Crippen LogP contribution < -0.4 is 4.74 Å². The Hall–Kier alpha value is -1.02. The van der Waals surface area contributed by atoms with Crippen molar-refractivity contribution in [1.29, 1.82) is 0 Å². The van der Waals surface area contributed by atoms with E-state index in [-0.39, 0.29) is 5.82 Å². The zero-order valence-electron chi connectivity index (χ0n) is 15.9. The molecule has 26 heavy (non-hydrogen) atoms. The van der Waals surface area contributed by atoms with Gasteiger partial charge in [0.15, 0.2) is 11.6 Å². The van der Waals surface area contributed by atoms with Gasteiger partial charge in [0.05, 0.1) is 7.11 Å². The number of hydrogen-bond donors (Lipinski definition) is 0. The van der Waals surface area contributed by atoms with Gasteiger partial charge in [-0.15, -0.1) is 0 Å². The van der Waals surface area contributed by atoms with Gasteiger partial charge in [-0.25, -0.2) is 4.39 Å². The topological polar surface area (TPSA) is 9.23 Å². The van der Waals surface area contributed by atoms with Crippen LogP contribution in [0.1, 0.15) is 63.4 Å². The molecule has 0 aromatic heterocycles. The van der Waals surface area contributed by atoms with Gasteiger partial charge in [0.25, 0.3) is 0 Å². The van der Waals surface area contributed by atoms with E-state index < -0.39 is 0 Å². The second kappa shape index (κ2) is 9.78. The Morgan fingerprint density at radius 3 is 2.27 bits per heavy atom. The van der Waals surface area contributed by atoms with Crippen LogP contribution in [0.25, 0.3) is 0 Å². The monoisotopic (exact) mass is 378 g/mol. The number of rotatable bonds is 6. The molecule has 0 radical (unpaired) electrons. The second-order valence-electron chi connectivity index (χ2n) is 8.28. The van der Waals surface area contributed by atoms with Gasteiger partial charge in [0, 0.05) is 5.54 Å². The third-order valence-electron chi connectivity index (χ3n) is 6.78. The van der Waals surface area contributed by atoms with Crippen LogP contribution in [0, 0.1) is 29.5 Å². The molecule has 144 valence electrons. The summed E-state index contributed by atoms with van der Waals surface area (Å²) in [7, 11) is 1.51. The maximum atomic E-state index is 13.8. The first-order chi connectivity index (χ1) is 12.7. The molecule has 1 aromatic carbocycles. The van der Waals surface area contributed by atoms with Crippen molar-refractivity contribution in [2.75, 3.05) is 7.11 Å².